The maximum atomic E-state index is 6.41. The van der Waals surface area contributed by atoms with Gasteiger partial charge in [-0.05, 0) is 56.5 Å². The summed E-state index contributed by atoms with van der Waals surface area (Å²) in [6, 6.07) is 13.3. The number of anilines is 1. The maximum absolute atomic E-state index is 6.41. The van der Waals surface area contributed by atoms with Crippen molar-refractivity contribution in [3.63, 3.8) is 0 Å². The summed E-state index contributed by atoms with van der Waals surface area (Å²) in [7, 11) is 0. The Morgan fingerprint density at radius 2 is 2.00 bits per heavy atom. The highest BCUT2D eigenvalue weighted by molar-refractivity contribution is 7.19. The number of hydrogen-bond donors (Lipinski definition) is 0. The van der Waals surface area contributed by atoms with Crippen LogP contribution in [0.3, 0.4) is 0 Å². The molecule has 4 heteroatoms. The van der Waals surface area contributed by atoms with Crippen LogP contribution in [-0.4, -0.2) is 43.4 Å². The number of ether oxygens (including phenoxy) is 1. The lowest BCUT2D eigenvalue weighted by atomic mass is 9.75. The molecule has 6 rings (SSSR count). The van der Waals surface area contributed by atoms with E-state index in [4.69, 9.17) is 4.74 Å². The summed E-state index contributed by atoms with van der Waals surface area (Å²) < 4.78 is 6.41. The smallest absolute Gasteiger partial charge is 0.120 e. The average molecular weight is 340 g/mol. The highest BCUT2D eigenvalue weighted by Crippen LogP contribution is 2.44. The van der Waals surface area contributed by atoms with E-state index in [1.807, 2.05) is 11.3 Å². The van der Waals surface area contributed by atoms with Gasteiger partial charge in [0, 0.05) is 11.4 Å². The van der Waals surface area contributed by atoms with E-state index in [1.165, 1.54) is 46.9 Å². The molecule has 5 heterocycles. The van der Waals surface area contributed by atoms with E-state index in [2.05, 4.69) is 53.1 Å². The second-order valence-corrected chi connectivity index (χ2v) is 8.66. The van der Waals surface area contributed by atoms with Gasteiger partial charge in [-0.2, -0.15) is 0 Å². The molecule has 1 spiro atoms. The second kappa shape index (κ2) is 5.58. The molecule has 1 aromatic carbocycles. The normalized spacial score (nSPS) is 32.0. The Labute approximate surface area is 147 Å². The molecule has 0 unspecified atom stereocenters. The molecular weight excluding hydrogens is 316 g/mol. The zero-order valence-electron chi connectivity index (χ0n) is 14.2. The van der Waals surface area contributed by atoms with Crippen LogP contribution in [0.5, 0.6) is 0 Å². The van der Waals surface area contributed by atoms with E-state index < -0.39 is 0 Å². The molecule has 2 aromatic rings. The Morgan fingerprint density at radius 1 is 1.12 bits per heavy atom. The fraction of sp³-hybridized carbons (Fsp3) is 0.500. The van der Waals surface area contributed by atoms with Gasteiger partial charge in [-0.25, -0.2) is 0 Å². The van der Waals surface area contributed by atoms with Gasteiger partial charge >= 0.3 is 0 Å². The molecule has 4 aliphatic heterocycles. The molecule has 4 saturated heterocycles. The summed E-state index contributed by atoms with van der Waals surface area (Å²) in [5.74, 6) is 0.753. The molecule has 0 N–H and O–H groups in total. The SMILES string of the molecule is Cc1cccc(-c2ccc(N3CO[C@]4(CN5CCC4CC5)C3)s2)c1. The predicted molar refractivity (Wildman–Crippen MR) is 99.7 cm³/mol. The van der Waals surface area contributed by atoms with Crippen molar-refractivity contribution in [2.75, 3.05) is 37.8 Å². The number of rotatable bonds is 2. The number of aryl methyl sites for hydroxylation is 1. The lowest BCUT2D eigenvalue weighted by molar-refractivity contribution is -0.116. The molecule has 0 saturated carbocycles. The van der Waals surface area contributed by atoms with Crippen LogP contribution >= 0.6 is 11.3 Å². The second-order valence-electron chi connectivity index (χ2n) is 7.59. The lowest BCUT2D eigenvalue weighted by Crippen LogP contribution is -2.60. The third kappa shape index (κ3) is 2.40. The molecular formula is C20H24N2OS. The highest BCUT2D eigenvalue weighted by Gasteiger charge is 2.51. The molecule has 0 radical (unpaired) electrons. The molecule has 24 heavy (non-hydrogen) atoms. The zero-order valence-corrected chi connectivity index (χ0v) is 15.0. The van der Waals surface area contributed by atoms with Crippen molar-refractivity contribution in [1.82, 2.24) is 4.90 Å². The van der Waals surface area contributed by atoms with Gasteiger partial charge < -0.3 is 14.5 Å². The van der Waals surface area contributed by atoms with Crippen molar-refractivity contribution in [1.29, 1.82) is 0 Å². The maximum Gasteiger partial charge on any atom is 0.120 e. The molecule has 126 valence electrons. The van der Waals surface area contributed by atoms with Crippen molar-refractivity contribution in [2.24, 2.45) is 5.92 Å². The first-order chi connectivity index (χ1) is 11.7. The van der Waals surface area contributed by atoms with Gasteiger partial charge in [0.15, 0.2) is 0 Å². The Hall–Kier alpha value is -1.36. The minimum atomic E-state index is 0.0873. The third-order valence-corrected chi connectivity index (χ3v) is 7.19. The topological polar surface area (TPSA) is 15.7 Å². The van der Waals surface area contributed by atoms with Gasteiger partial charge in [0.05, 0.1) is 11.5 Å². The molecule has 1 atom stereocenters. The van der Waals surface area contributed by atoms with E-state index in [0.717, 1.165) is 25.7 Å². The lowest BCUT2D eigenvalue weighted by Gasteiger charge is -2.50. The van der Waals surface area contributed by atoms with Crippen LogP contribution in [0.25, 0.3) is 10.4 Å². The summed E-state index contributed by atoms with van der Waals surface area (Å²) in [6.07, 6.45) is 2.62. The molecule has 3 nitrogen and oxygen atoms in total. The fourth-order valence-electron chi connectivity index (χ4n) is 4.68. The number of piperidine rings is 3. The van der Waals surface area contributed by atoms with Crippen molar-refractivity contribution >= 4 is 16.3 Å². The standard InChI is InChI=1S/C20H24N2OS/c1-15-3-2-4-16(11-15)18-5-6-19(24-18)22-13-20(23-14-22)12-21-9-7-17(20)8-10-21/h2-6,11,17H,7-10,12-14H2,1H3/t20-/m1/s1. The quantitative estimate of drug-likeness (QED) is 0.822. The van der Waals surface area contributed by atoms with Crippen LogP contribution in [0.2, 0.25) is 0 Å². The molecule has 4 fully saturated rings. The number of hydrogen-bond acceptors (Lipinski definition) is 4. The number of thiophene rings is 1. The Balaban J connectivity index is 1.37. The average Bonchev–Trinajstić information content (AvgIpc) is 3.24. The van der Waals surface area contributed by atoms with Crippen LogP contribution in [-0.2, 0) is 4.74 Å². The minimum Gasteiger partial charge on any atom is -0.351 e. The zero-order chi connectivity index (χ0) is 16.1. The summed E-state index contributed by atoms with van der Waals surface area (Å²) >= 11 is 1.89. The van der Waals surface area contributed by atoms with Crippen molar-refractivity contribution in [3.05, 3.63) is 42.0 Å². The van der Waals surface area contributed by atoms with E-state index in [9.17, 15) is 0 Å². The fourth-order valence-corrected chi connectivity index (χ4v) is 5.67. The van der Waals surface area contributed by atoms with Gasteiger partial charge in [0.25, 0.3) is 0 Å². The van der Waals surface area contributed by atoms with Gasteiger partial charge in [0.1, 0.15) is 12.3 Å². The van der Waals surface area contributed by atoms with Crippen LogP contribution in [0.1, 0.15) is 18.4 Å². The Kier molecular flexibility index (Phi) is 3.47. The number of benzene rings is 1. The van der Waals surface area contributed by atoms with E-state index in [0.29, 0.717) is 0 Å². The van der Waals surface area contributed by atoms with Crippen molar-refractivity contribution in [2.45, 2.75) is 25.4 Å². The minimum absolute atomic E-state index is 0.0873. The summed E-state index contributed by atoms with van der Waals surface area (Å²) in [5, 5.41) is 1.35. The van der Waals surface area contributed by atoms with Crippen molar-refractivity contribution < 1.29 is 4.74 Å². The van der Waals surface area contributed by atoms with Crippen LogP contribution in [0.15, 0.2) is 36.4 Å². The third-order valence-electron chi connectivity index (χ3n) is 6.00. The Morgan fingerprint density at radius 3 is 2.75 bits per heavy atom. The summed E-state index contributed by atoms with van der Waals surface area (Å²) in [6.45, 7) is 7.63. The first-order valence-corrected chi connectivity index (χ1v) is 9.82. The molecule has 4 aliphatic rings. The first-order valence-electron chi connectivity index (χ1n) is 9.00. The largest absolute Gasteiger partial charge is 0.351 e. The number of nitrogens with zero attached hydrogens (tertiary/aromatic N) is 2. The number of fused-ring (bicyclic) bond motifs is 2. The molecule has 0 aliphatic carbocycles. The van der Waals surface area contributed by atoms with Crippen LogP contribution < -0.4 is 4.90 Å². The van der Waals surface area contributed by atoms with Crippen molar-refractivity contribution in [3.8, 4) is 10.4 Å². The predicted octanol–water partition coefficient (Wildman–Crippen LogP) is 3.98. The van der Waals surface area contributed by atoms with Gasteiger partial charge in [-0.3, -0.25) is 0 Å². The van der Waals surface area contributed by atoms with Gasteiger partial charge in [-0.1, -0.05) is 29.8 Å². The van der Waals surface area contributed by atoms with Gasteiger partial charge in [-0.15, -0.1) is 11.3 Å². The first kappa shape index (κ1) is 14.9. The molecule has 0 amide bonds. The van der Waals surface area contributed by atoms with E-state index >= 15 is 0 Å². The Bertz CT molecular complexity index is 750. The van der Waals surface area contributed by atoms with Crippen LogP contribution in [0.4, 0.5) is 5.00 Å². The van der Waals surface area contributed by atoms with E-state index in [1.54, 1.807) is 0 Å². The monoisotopic (exact) mass is 340 g/mol. The summed E-state index contributed by atoms with van der Waals surface area (Å²) in [4.78, 5) is 6.39. The highest BCUT2D eigenvalue weighted by atomic mass is 32.1. The van der Waals surface area contributed by atoms with E-state index in [-0.39, 0.29) is 5.60 Å². The van der Waals surface area contributed by atoms with Gasteiger partial charge in [0.2, 0.25) is 0 Å². The molecule has 1 aromatic heterocycles. The summed E-state index contributed by atoms with van der Waals surface area (Å²) in [5.41, 5.74) is 2.73. The molecule has 2 bridgehead atoms. The van der Waals surface area contributed by atoms with Crippen LogP contribution in [0, 0.1) is 12.8 Å².